The zero-order valence-electron chi connectivity index (χ0n) is 15.3. The van der Waals surface area contributed by atoms with Gasteiger partial charge < -0.3 is 4.90 Å². The molecule has 0 spiro atoms. The van der Waals surface area contributed by atoms with Crippen LogP contribution in [0, 0.1) is 0 Å². The molecule has 3 heterocycles. The number of amides is 1. The molecule has 1 aromatic carbocycles. The molecule has 0 aliphatic carbocycles. The number of allylic oxidation sites excluding steroid dienone is 4. The summed E-state index contributed by atoms with van der Waals surface area (Å²) in [6, 6.07) is 13.7. The Morgan fingerprint density at radius 3 is 2.67 bits per heavy atom. The van der Waals surface area contributed by atoms with Crippen molar-refractivity contribution >= 4 is 28.7 Å². The van der Waals surface area contributed by atoms with Crippen molar-refractivity contribution in [1.82, 2.24) is 4.98 Å². The summed E-state index contributed by atoms with van der Waals surface area (Å²) in [7, 11) is 0. The fourth-order valence-electron chi connectivity index (χ4n) is 3.25. The number of carbonyl (C=O) groups is 1. The number of pyridine rings is 1. The van der Waals surface area contributed by atoms with Gasteiger partial charge in [0.25, 0.3) is 5.91 Å². The first kappa shape index (κ1) is 17.0. The van der Waals surface area contributed by atoms with Crippen LogP contribution in [0.3, 0.4) is 0 Å². The van der Waals surface area contributed by atoms with Gasteiger partial charge in [0, 0.05) is 30.2 Å². The molecule has 27 heavy (non-hydrogen) atoms. The van der Waals surface area contributed by atoms with Gasteiger partial charge >= 0.3 is 0 Å². The van der Waals surface area contributed by atoms with Crippen molar-refractivity contribution < 1.29 is 4.79 Å². The number of benzene rings is 1. The SMILES string of the molecule is CCN1C=C/C(=C\C=C2C(=O)N(c3ccccn3)N=C2C)c2ccccc21. The molecule has 0 atom stereocenters. The minimum atomic E-state index is -0.161. The molecule has 2 aliphatic rings. The predicted molar refractivity (Wildman–Crippen MR) is 109 cm³/mol. The number of carbonyl (C=O) groups excluding carboxylic acids is 1. The van der Waals surface area contributed by atoms with E-state index >= 15 is 0 Å². The van der Waals surface area contributed by atoms with Gasteiger partial charge in [0.15, 0.2) is 5.82 Å². The summed E-state index contributed by atoms with van der Waals surface area (Å²) in [5, 5.41) is 5.72. The number of fused-ring (bicyclic) bond motifs is 1. The Kier molecular flexibility index (Phi) is 4.42. The maximum Gasteiger partial charge on any atom is 0.282 e. The molecule has 2 aliphatic heterocycles. The molecular weight excluding hydrogens is 336 g/mol. The smallest absolute Gasteiger partial charge is 0.282 e. The average molecular weight is 356 g/mol. The van der Waals surface area contributed by atoms with Gasteiger partial charge in [-0.2, -0.15) is 10.1 Å². The second-order valence-corrected chi connectivity index (χ2v) is 6.31. The molecule has 5 nitrogen and oxygen atoms in total. The van der Waals surface area contributed by atoms with Gasteiger partial charge in [-0.15, -0.1) is 0 Å². The Labute approximate surface area is 158 Å². The van der Waals surface area contributed by atoms with Crippen LogP contribution >= 0.6 is 0 Å². The van der Waals surface area contributed by atoms with Crippen LogP contribution in [0.5, 0.6) is 0 Å². The van der Waals surface area contributed by atoms with Crippen molar-refractivity contribution in [2.45, 2.75) is 13.8 Å². The van der Waals surface area contributed by atoms with Gasteiger partial charge in [-0.25, -0.2) is 4.98 Å². The lowest BCUT2D eigenvalue weighted by Crippen LogP contribution is -2.22. The number of hydrogen-bond donors (Lipinski definition) is 0. The van der Waals surface area contributed by atoms with E-state index in [2.05, 4.69) is 46.3 Å². The summed E-state index contributed by atoms with van der Waals surface area (Å²) in [5.41, 5.74) is 4.66. The molecule has 0 radical (unpaired) electrons. The topological polar surface area (TPSA) is 48.8 Å². The standard InChI is InChI=1S/C22H20N4O/c1-3-25-15-13-17(19-8-4-5-9-20(19)25)11-12-18-16(2)24-26(22(18)27)21-10-6-7-14-23-21/h4-15H,3H2,1-2H3/b17-11+,18-12?. The number of rotatable bonds is 3. The highest BCUT2D eigenvalue weighted by atomic mass is 16.2. The first-order chi connectivity index (χ1) is 13.2. The minimum absolute atomic E-state index is 0.161. The van der Waals surface area contributed by atoms with Crippen LogP contribution in [-0.4, -0.2) is 23.1 Å². The second kappa shape index (κ2) is 7.03. The highest BCUT2D eigenvalue weighted by Gasteiger charge is 2.29. The van der Waals surface area contributed by atoms with E-state index in [0.717, 1.165) is 17.7 Å². The molecule has 2 aromatic rings. The Bertz CT molecular complexity index is 1000. The van der Waals surface area contributed by atoms with Crippen LogP contribution in [0.15, 0.2) is 83.8 Å². The Morgan fingerprint density at radius 2 is 1.89 bits per heavy atom. The van der Waals surface area contributed by atoms with Gasteiger partial charge in [0.05, 0.1) is 11.3 Å². The lowest BCUT2D eigenvalue weighted by Gasteiger charge is -2.26. The van der Waals surface area contributed by atoms with Crippen LogP contribution in [0.25, 0.3) is 5.57 Å². The van der Waals surface area contributed by atoms with Crippen LogP contribution < -0.4 is 9.91 Å². The molecular formula is C22H20N4O. The van der Waals surface area contributed by atoms with Gasteiger partial charge in [-0.1, -0.05) is 30.3 Å². The van der Waals surface area contributed by atoms with Gasteiger partial charge in [0.1, 0.15) is 0 Å². The van der Waals surface area contributed by atoms with E-state index < -0.39 is 0 Å². The van der Waals surface area contributed by atoms with Crippen LogP contribution in [0.2, 0.25) is 0 Å². The summed E-state index contributed by atoms with van der Waals surface area (Å²) >= 11 is 0. The predicted octanol–water partition coefficient (Wildman–Crippen LogP) is 4.17. The van der Waals surface area contributed by atoms with E-state index in [1.165, 1.54) is 10.7 Å². The van der Waals surface area contributed by atoms with Gasteiger partial charge in [0.2, 0.25) is 0 Å². The van der Waals surface area contributed by atoms with E-state index in [-0.39, 0.29) is 5.91 Å². The monoisotopic (exact) mass is 356 g/mol. The molecule has 0 fully saturated rings. The van der Waals surface area contributed by atoms with Crippen molar-refractivity contribution in [2.24, 2.45) is 5.10 Å². The van der Waals surface area contributed by atoms with E-state index in [4.69, 9.17) is 0 Å². The van der Waals surface area contributed by atoms with E-state index in [9.17, 15) is 4.79 Å². The number of hydrogen-bond acceptors (Lipinski definition) is 4. The summed E-state index contributed by atoms with van der Waals surface area (Å²) < 4.78 is 0. The van der Waals surface area contributed by atoms with E-state index in [0.29, 0.717) is 17.1 Å². The molecule has 0 bridgehead atoms. The molecule has 4 rings (SSSR count). The maximum atomic E-state index is 12.8. The first-order valence-electron chi connectivity index (χ1n) is 8.96. The molecule has 1 aromatic heterocycles. The summed E-state index contributed by atoms with van der Waals surface area (Å²) in [4.78, 5) is 19.2. The maximum absolute atomic E-state index is 12.8. The number of aromatic nitrogens is 1. The third-order valence-corrected chi connectivity index (χ3v) is 4.66. The zero-order valence-corrected chi connectivity index (χ0v) is 15.3. The third-order valence-electron chi connectivity index (χ3n) is 4.66. The Balaban J connectivity index is 1.67. The van der Waals surface area contributed by atoms with E-state index in [1.54, 1.807) is 12.3 Å². The third kappa shape index (κ3) is 3.08. The lowest BCUT2D eigenvalue weighted by atomic mass is 9.98. The minimum Gasteiger partial charge on any atom is -0.348 e. The summed E-state index contributed by atoms with van der Waals surface area (Å²) in [5.74, 6) is 0.366. The van der Waals surface area contributed by atoms with Crippen LogP contribution in [0.4, 0.5) is 11.5 Å². The molecule has 0 unspecified atom stereocenters. The summed E-state index contributed by atoms with van der Waals surface area (Å²) in [6.07, 6.45) is 9.63. The van der Waals surface area contributed by atoms with Crippen molar-refractivity contribution in [1.29, 1.82) is 0 Å². The van der Waals surface area contributed by atoms with Crippen molar-refractivity contribution in [2.75, 3.05) is 16.5 Å². The number of nitrogens with zero attached hydrogens (tertiary/aromatic N) is 4. The molecule has 134 valence electrons. The average Bonchev–Trinajstić information content (AvgIpc) is 3.00. The number of anilines is 2. The van der Waals surface area contributed by atoms with Gasteiger partial charge in [-0.05, 0) is 49.8 Å². The lowest BCUT2D eigenvalue weighted by molar-refractivity contribution is -0.114. The van der Waals surface area contributed by atoms with Crippen LogP contribution in [0.1, 0.15) is 19.4 Å². The number of para-hydroxylation sites is 1. The normalized spacial score (nSPS) is 19.0. The Hall–Kier alpha value is -3.47. The molecule has 0 saturated carbocycles. The van der Waals surface area contributed by atoms with E-state index in [1.807, 2.05) is 43.3 Å². The number of hydrazone groups is 1. The first-order valence-corrected chi connectivity index (χ1v) is 8.96. The summed E-state index contributed by atoms with van der Waals surface area (Å²) in [6.45, 7) is 4.88. The molecule has 0 saturated heterocycles. The second-order valence-electron chi connectivity index (χ2n) is 6.31. The van der Waals surface area contributed by atoms with Crippen molar-refractivity contribution in [3.8, 4) is 0 Å². The quantitative estimate of drug-likeness (QED) is 0.776. The zero-order chi connectivity index (χ0) is 18.8. The molecule has 1 amide bonds. The van der Waals surface area contributed by atoms with Crippen molar-refractivity contribution in [3.05, 3.63) is 84.2 Å². The van der Waals surface area contributed by atoms with Gasteiger partial charge in [-0.3, -0.25) is 4.79 Å². The largest absolute Gasteiger partial charge is 0.348 e. The molecule has 5 heteroatoms. The highest BCUT2D eigenvalue weighted by Crippen LogP contribution is 2.32. The fraction of sp³-hybridized carbons (Fsp3) is 0.136. The highest BCUT2D eigenvalue weighted by molar-refractivity contribution is 6.29. The van der Waals surface area contributed by atoms with Crippen molar-refractivity contribution in [3.63, 3.8) is 0 Å². The fourth-order valence-corrected chi connectivity index (χ4v) is 3.25. The molecule has 0 N–H and O–H groups in total. The van der Waals surface area contributed by atoms with Crippen LogP contribution in [-0.2, 0) is 4.79 Å². The Morgan fingerprint density at radius 1 is 1.07 bits per heavy atom.